The van der Waals surface area contributed by atoms with Crippen LogP contribution in [0.3, 0.4) is 0 Å². The van der Waals surface area contributed by atoms with Gasteiger partial charge in [-0.15, -0.1) is 0 Å². The number of rotatable bonds is 3. The molecule has 1 aliphatic rings. The SMILES string of the molecule is Cc1c(C(=O)NCC2(C)COC2)oc2ccccc12. The van der Waals surface area contributed by atoms with Crippen LogP contribution in [0.15, 0.2) is 28.7 Å². The molecule has 4 nitrogen and oxygen atoms in total. The first kappa shape index (κ1) is 12.2. The molecule has 1 saturated heterocycles. The third-order valence-electron chi connectivity index (χ3n) is 3.63. The average molecular weight is 259 g/mol. The summed E-state index contributed by atoms with van der Waals surface area (Å²) >= 11 is 0. The van der Waals surface area contributed by atoms with Crippen molar-refractivity contribution < 1.29 is 13.9 Å². The van der Waals surface area contributed by atoms with Gasteiger partial charge in [-0.05, 0) is 13.0 Å². The van der Waals surface area contributed by atoms with Gasteiger partial charge in [-0.3, -0.25) is 4.79 Å². The highest BCUT2D eigenvalue weighted by Gasteiger charge is 2.34. The van der Waals surface area contributed by atoms with Crippen molar-refractivity contribution in [2.24, 2.45) is 5.41 Å². The largest absolute Gasteiger partial charge is 0.451 e. The summed E-state index contributed by atoms with van der Waals surface area (Å²) in [6.07, 6.45) is 0. The quantitative estimate of drug-likeness (QED) is 0.921. The Morgan fingerprint density at radius 2 is 2.11 bits per heavy atom. The fourth-order valence-corrected chi connectivity index (χ4v) is 2.32. The van der Waals surface area contributed by atoms with E-state index in [1.165, 1.54) is 0 Å². The standard InChI is InChI=1S/C15H17NO3/c1-10-11-5-3-4-6-12(11)19-13(10)14(17)16-7-15(2)8-18-9-15/h3-6H,7-9H2,1-2H3,(H,16,17). The van der Waals surface area contributed by atoms with E-state index in [4.69, 9.17) is 9.15 Å². The number of amides is 1. The highest BCUT2D eigenvalue weighted by atomic mass is 16.5. The van der Waals surface area contributed by atoms with Crippen LogP contribution in [-0.2, 0) is 4.74 Å². The fraction of sp³-hybridized carbons (Fsp3) is 0.400. The van der Waals surface area contributed by atoms with Gasteiger partial charge in [-0.25, -0.2) is 0 Å². The van der Waals surface area contributed by atoms with E-state index in [0.29, 0.717) is 25.5 Å². The number of hydrogen-bond acceptors (Lipinski definition) is 3. The molecule has 2 heterocycles. The average Bonchev–Trinajstić information content (AvgIpc) is 2.72. The fourth-order valence-electron chi connectivity index (χ4n) is 2.32. The van der Waals surface area contributed by atoms with Crippen LogP contribution in [0.5, 0.6) is 0 Å². The van der Waals surface area contributed by atoms with Crippen molar-refractivity contribution >= 4 is 16.9 Å². The molecule has 0 atom stereocenters. The smallest absolute Gasteiger partial charge is 0.287 e. The van der Waals surface area contributed by atoms with E-state index in [-0.39, 0.29) is 11.3 Å². The molecule has 1 N–H and O–H groups in total. The highest BCUT2D eigenvalue weighted by Crippen LogP contribution is 2.27. The molecule has 3 rings (SSSR count). The molecule has 0 unspecified atom stereocenters. The first-order chi connectivity index (χ1) is 9.09. The van der Waals surface area contributed by atoms with Crippen LogP contribution >= 0.6 is 0 Å². The van der Waals surface area contributed by atoms with Crippen molar-refractivity contribution in [2.45, 2.75) is 13.8 Å². The third kappa shape index (κ3) is 2.12. The van der Waals surface area contributed by atoms with E-state index in [1.54, 1.807) is 0 Å². The molecule has 19 heavy (non-hydrogen) atoms. The van der Waals surface area contributed by atoms with Crippen LogP contribution in [0.25, 0.3) is 11.0 Å². The van der Waals surface area contributed by atoms with Crippen molar-refractivity contribution in [3.05, 3.63) is 35.6 Å². The van der Waals surface area contributed by atoms with Gasteiger partial charge in [0, 0.05) is 22.9 Å². The van der Waals surface area contributed by atoms with Gasteiger partial charge in [0.05, 0.1) is 13.2 Å². The second kappa shape index (κ2) is 4.38. The van der Waals surface area contributed by atoms with Crippen LogP contribution < -0.4 is 5.32 Å². The molecule has 2 aromatic rings. The predicted octanol–water partition coefficient (Wildman–Crippen LogP) is 2.51. The van der Waals surface area contributed by atoms with Crippen molar-refractivity contribution in [3.8, 4) is 0 Å². The lowest BCUT2D eigenvalue weighted by Crippen LogP contribution is -2.48. The number of carbonyl (C=O) groups is 1. The number of nitrogens with one attached hydrogen (secondary N) is 1. The number of ether oxygens (including phenoxy) is 1. The van der Waals surface area contributed by atoms with Crippen LogP contribution in [-0.4, -0.2) is 25.7 Å². The number of fused-ring (bicyclic) bond motifs is 1. The predicted molar refractivity (Wildman–Crippen MR) is 72.2 cm³/mol. The van der Waals surface area contributed by atoms with Crippen molar-refractivity contribution in [3.63, 3.8) is 0 Å². The minimum atomic E-state index is -0.151. The van der Waals surface area contributed by atoms with Gasteiger partial charge in [0.15, 0.2) is 5.76 Å². The molecule has 1 aliphatic heterocycles. The summed E-state index contributed by atoms with van der Waals surface area (Å²) in [6, 6.07) is 7.69. The van der Waals surface area contributed by atoms with E-state index < -0.39 is 0 Å². The zero-order valence-electron chi connectivity index (χ0n) is 11.2. The number of hydrogen-bond donors (Lipinski definition) is 1. The lowest BCUT2D eigenvalue weighted by Gasteiger charge is -2.37. The van der Waals surface area contributed by atoms with E-state index >= 15 is 0 Å². The van der Waals surface area contributed by atoms with Gasteiger partial charge in [0.25, 0.3) is 5.91 Å². The summed E-state index contributed by atoms with van der Waals surface area (Å²) in [4.78, 5) is 12.2. The Bertz CT molecular complexity index is 625. The minimum absolute atomic E-state index is 0.0651. The third-order valence-corrected chi connectivity index (χ3v) is 3.63. The Hall–Kier alpha value is -1.81. The van der Waals surface area contributed by atoms with Gasteiger partial charge < -0.3 is 14.5 Å². The Balaban J connectivity index is 1.79. The van der Waals surface area contributed by atoms with Crippen LogP contribution in [0.2, 0.25) is 0 Å². The molecule has 1 aromatic heterocycles. The summed E-state index contributed by atoms with van der Waals surface area (Å²) < 4.78 is 10.8. The van der Waals surface area contributed by atoms with Gasteiger partial charge in [0.2, 0.25) is 0 Å². The molecule has 1 amide bonds. The number of para-hydroxylation sites is 1. The lowest BCUT2D eigenvalue weighted by molar-refractivity contribution is -0.0978. The molecule has 100 valence electrons. The number of carbonyl (C=O) groups excluding carboxylic acids is 1. The lowest BCUT2D eigenvalue weighted by atomic mass is 9.89. The van der Waals surface area contributed by atoms with Gasteiger partial charge in [-0.2, -0.15) is 0 Å². The summed E-state index contributed by atoms with van der Waals surface area (Å²) in [6.45, 7) is 6.03. The first-order valence-electron chi connectivity index (χ1n) is 6.43. The Kier molecular flexibility index (Phi) is 2.82. The maximum atomic E-state index is 12.2. The topological polar surface area (TPSA) is 51.5 Å². The second-order valence-electron chi connectivity index (χ2n) is 5.54. The van der Waals surface area contributed by atoms with Crippen molar-refractivity contribution in [2.75, 3.05) is 19.8 Å². The van der Waals surface area contributed by atoms with Crippen LogP contribution in [0, 0.1) is 12.3 Å². The van der Waals surface area contributed by atoms with Crippen molar-refractivity contribution in [1.82, 2.24) is 5.32 Å². The molecular formula is C15H17NO3. The molecule has 1 aromatic carbocycles. The van der Waals surface area contributed by atoms with E-state index in [0.717, 1.165) is 16.5 Å². The molecule has 1 fully saturated rings. The molecule has 0 bridgehead atoms. The molecular weight excluding hydrogens is 242 g/mol. The molecule has 0 spiro atoms. The van der Waals surface area contributed by atoms with Gasteiger partial charge >= 0.3 is 0 Å². The summed E-state index contributed by atoms with van der Waals surface area (Å²) in [5, 5.41) is 3.92. The zero-order chi connectivity index (χ0) is 13.5. The molecule has 0 aliphatic carbocycles. The normalized spacial score (nSPS) is 17.2. The Labute approximate surface area is 111 Å². The first-order valence-corrected chi connectivity index (χ1v) is 6.43. The maximum Gasteiger partial charge on any atom is 0.287 e. The van der Waals surface area contributed by atoms with Gasteiger partial charge in [0.1, 0.15) is 5.58 Å². The highest BCUT2D eigenvalue weighted by molar-refractivity contribution is 5.98. The van der Waals surface area contributed by atoms with Crippen LogP contribution in [0.4, 0.5) is 0 Å². The number of furan rings is 1. The van der Waals surface area contributed by atoms with E-state index in [1.807, 2.05) is 31.2 Å². The van der Waals surface area contributed by atoms with Crippen LogP contribution in [0.1, 0.15) is 23.0 Å². The zero-order valence-corrected chi connectivity index (χ0v) is 11.2. The maximum absolute atomic E-state index is 12.2. The molecule has 4 heteroatoms. The van der Waals surface area contributed by atoms with E-state index in [9.17, 15) is 4.79 Å². The van der Waals surface area contributed by atoms with E-state index in [2.05, 4.69) is 12.2 Å². The minimum Gasteiger partial charge on any atom is -0.451 e. The monoisotopic (exact) mass is 259 g/mol. The molecule has 0 saturated carbocycles. The van der Waals surface area contributed by atoms with Gasteiger partial charge in [-0.1, -0.05) is 25.1 Å². The summed E-state index contributed by atoms with van der Waals surface area (Å²) in [5.41, 5.74) is 1.71. The number of aryl methyl sites for hydroxylation is 1. The Morgan fingerprint density at radius 3 is 2.74 bits per heavy atom. The molecule has 0 radical (unpaired) electrons. The summed E-state index contributed by atoms with van der Waals surface area (Å²) in [7, 11) is 0. The second-order valence-corrected chi connectivity index (χ2v) is 5.54. The summed E-state index contributed by atoms with van der Waals surface area (Å²) in [5.74, 6) is 0.256. The Morgan fingerprint density at radius 1 is 1.37 bits per heavy atom. The van der Waals surface area contributed by atoms with Crippen molar-refractivity contribution in [1.29, 1.82) is 0 Å². The number of benzene rings is 1.